The summed E-state index contributed by atoms with van der Waals surface area (Å²) in [6.07, 6.45) is 0. The van der Waals surface area contributed by atoms with Crippen LogP contribution in [0.2, 0.25) is 0 Å². The third-order valence-electron chi connectivity index (χ3n) is 5.72. The first kappa shape index (κ1) is 26.8. The lowest BCUT2D eigenvalue weighted by Crippen LogP contribution is -2.51. The number of carbonyl (C=O) groups is 2. The van der Waals surface area contributed by atoms with Gasteiger partial charge < -0.3 is 10.2 Å². The monoisotopic (exact) mass is 515 g/mol. The molecule has 0 aromatic heterocycles. The van der Waals surface area contributed by atoms with Gasteiger partial charge in [-0.1, -0.05) is 48.0 Å². The minimum Gasteiger partial charge on any atom is -0.357 e. The number of para-hydroxylation sites is 1. The third-order valence-corrected chi connectivity index (χ3v) is 7.50. The van der Waals surface area contributed by atoms with Crippen LogP contribution in [0.25, 0.3) is 0 Å². The maximum absolute atomic E-state index is 14.8. The summed E-state index contributed by atoms with van der Waals surface area (Å²) in [5.74, 6) is -2.77. The fraction of sp³-hybridized carbons (Fsp3) is 0.231. The highest BCUT2D eigenvalue weighted by Gasteiger charge is 2.33. The average molecular weight is 516 g/mol. The largest absolute Gasteiger partial charge is 0.357 e. The second-order valence-corrected chi connectivity index (χ2v) is 10.0. The van der Waals surface area contributed by atoms with Crippen LogP contribution in [-0.2, 0) is 26.2 Å². The second kappa shape index (κ2) is 11.3. The van der Waals surface area contributed by atoms with Gasteiger partial charge in [-0.05, 0) is 44.2 Å². The van der Waals surface area contributed by atoms with E-state index < -0.39 is 46.1 Å². The van der Waals surface area contributed by atoms with Gasteiger partial charge in [-0.3, -0.25) is 13.9 Å². The summed E-state index contributed by atoms with van der Waals surface area (Å²) in [5, 5.41) is 2.44. The molecule has 0 bridgehead atoms. The molecular weight excluding hydrogens is 488 g/mol. The predicted octanol–water partition coefficient (Wildman–Crippen LogP) is 3.63. The Morgan fingerprint density at radius 3 is 2.08 bits per heavy atom. The molecule has 0 heterocycles. The molecule has 0 spiro atoms. The van der Waals surface area contributed by atoms with Gasteiger partial charge in [0.2, 0.25) is 11.8 Å². The molecule has 2 amide bonds. The van der Waals surface area contributed by atoms with Crippen molar-refractivity contribution in [3.05, 3.63) is 95.6 Å². The van der Waals surface area contributed by atoms with Gasteiger partial charge in [0, 0.05) is 19.2 Å². The molecule has 0 aliphatic rings. The third kappa shape index (κ3) is 5.88. The Labute approximate surface area is 209 Å². The van der Waals surface area contributed by atoms with Crippen LogP contribution in [0.1, 0.15) is 18.1 Å². The molecule has 36 heavy (non-hydrogen) atoms. The summed E-state index contributed by atoms with van der Waals surface area (Å²) in [6, 6.07) is 15.8. The lowest BCUT2D eigenvalue weighted by atomic mass is 10.1. The Bertz CT molecular complexity index is 1350. The molecule has 1 atom stereocenters. The van der Waals surface area contributed by atoms with E-state index in [9.17, 15) is 26.8 Å². The number of rotatable bonds is 9. The van der Waals surface area contributed by atoms with Crippen molar-refractivity contribution in [3.63, 3.8) is 0 Å². The molecule has 0 fully saturated rings. The van der Waals surface area contributed by atoms with Gasteiger partial charge in [0.05, 0.1) is 10.6 Å². The molecule has 190 valence electrons. The number of benzene rings is 3. The van der Waals surface area contributed by atoms with Crippen molar-refractivity contribution < 1.29 is 26.8 Å². The minimum absolute atomic E-state index is 0.135. The topological polar surface area (TPSA) is 86.8 Å². The average Bonchev–Trinajstić information content (AvgIpc) is 2.86. The SMILES string of the molecule is CNC(=O)C(C)N(Cc1ccccc1F)C(=O)CN(c1ccccc1F)S(=O)(=O)c1ccc(C)cc1. The Hall–Kier alpha value is -3.79. The van der Waals surface area contributed by atoms with Crippen LogP contribution in [0.4, 0.5) is 14.5 Å². The molecule has 0 radical (unpaired) electrons. The molecule has 1 unspecified atom stereocenters. The number of carbonyl (C=O) groups excluding carboxylic acids is 2. The summed E-state index contributed by atoms with van der Waals surface area (Å²) >= 11 is 0. The van der Waals surface area contributed by atoms with Gasteiger partial charge >= 0.3 is 0 Å². The van der Waals surface area contributed by atoms with Crippen LogP contribution < -0.4 is 9.62 Å². The van der Waals surface area contributed by atoms with Gasteiger partial charge in [-0.15, -0.1) is 0 Å². The zero-order chi connectivity index (χ0) is 26.5. The number of aryl methyl sites for hydroxylation is 1. The van der Waals surface area contributed by atoms with Crippen molar-refractivity contribution in [3.8, 4) is 0 Å². The number of halogens is 2. The van der Waals surface area contributed by atoms with Crippen molar-refractivity contribution in [2.75, 3.05) is 17.9 Å². The number of anilines is 1. The number of sulfonamides is 1. The van der Waals surface area contributed by atoms with E-state index in [1.54, 1.807) is 25.1 Å². The highest BCUT2D eigenvalue weighted by atomic mass is 32.2. The summed E-state index contributed by atoms with van der Waals surface area (Å²) in [7, 11) is -3.00. The number of nitrogens with zero attached hydrogens (tertiary/aromatic N) is 2. The van der Waals surface area contributed by atoms with Crippen LogP contribution >= 0.6 is 0 Å². The van der Waals surface area contributed by atoms with E-state index in [1.165, 1.54) is 62.5 Å². The fourth-order valence-electron chi connectivity index (χ4n) is 3.61. The minimum atomic E-state index is -4.38. The first-order valence-electron chi connectivity index (χ1n) is 11.1. The Morgan fingerprint density at radius 1 is 0.917 bits per heavy atom. The summed E-state index contributed by atoms with van der Waals surface area (Å²) in [6.45, 7) is 2.12. The number of amides is 2. The van der Waals surface area contributed by atoms with E-state index in [0.29, 0.717) is 4.31 Å². The molecule has 1 N–H and O–H groups in total. The van der Waals surface area contributed by atoms with Crippen molar-refractivity contribution in [1.82, 2.24) is 10.2 Å². The lowest BCUT2D eigenvalue weighted by molar-refractivity contribution is -0.139. The number of hydrogen-bond donors (Lipinski definition) is 1. The van der Waals surface area contributed by atoms with E-state index in [0.717, 1.165) is 16.5 Å². The zero-order valence-corrected chi connectivity index (χ0v) is 20.9. The predicted molar refractivity (Wildman–Crippen MR) is 133 cm³/mol. The molecule has 0 saturated carbocycles. The van der Waals surface area contributed by atoms with Gasteiger partial charge in [0.15, 0.2) is 0 Å². The molecule has 7 nitrogen and oxygen atoms in total. The van der Waals surface area contributed by atoms with Gasteiger partial charge in [0.25, 0.3) is 10.0 Å². The Kier molecular flexibility index (Phi) is 8.41. The Morgan fingerprint density at radius 2 is 1.50 bits per heavy atom. The standard InChI is InChI=1S/C26H27F2N3O4S/c1-18-12-14-21(15-13-18)36(34,35)31(24-11-7-6-10-23(24)28)17-25(32)30(19(2)26(33)29-3)16-20-8-4-5-9-22(20)27/h4-15,19H,16-17H2,1-3H3,(H,29,33). The highest BCUT2D eigenvalue weighted by molar-refractivity contribution is 7.92. The normalized spacial score (nSPS) is 12.0. The first-order valence-corrected chi connectivity index (χ1v) is 12.6. The van der Waals surface area contributed by atoms with Crippen LogP contribution in [-0.4, -0.2) is 44.8 Å². The number of nitrogens with one attached hydrogen (secondary N) is 1. The quantitative estimate of drug-likeness (QED) is 0.472. The van der Waals surface area contributed by atoms with E-state index in [4.69, 9.17) is 0 Å². The van der Waals surface area contributed by atoms with Gasteiger partial charge in [-0.25, -0.2) is 17.2 Å². The molecule has 0 saturated heterocycles. The molecule has 3 rings (SSSR count). The molecule has 10 heteroatoms. The van der Waals surface area contributed by atoms with E-state index in [2.05, 4.69) is 5.32 Å². The highest BCUT2D eigenvalue weighted by Crippen LogP contribution is 2.27. The van der Waals surface area contributed by atoms with Crippen molar-refractivity contribution >= 4 is 27.5 Å². The lowest BCUT2D eigenvalue weighted by Gasteiger charge is -2.32. The molecule has 0 aliphatic carbocycles. The summed E-state index contributed by atoms with van der Waals surface area (Å²) in [5.41, 5.74) is 0.628. The summed E-state index contributed by atoms with van der Waals surface area (Å²) in [4.78, 5) is 26.9. The Balaban J connectivity index is 2.06. The van der Waals surface area contributed by atoms with E-state index >= 15 is 0 Å². The van der Waals surface area contributed by atoms with Crippen LogP contribution in [0, 0.1) is 18.6 Å². The zero-order valence-electron chi connectivity index (χ0n) is 20.1. The van der Waals surface area contributed by atoms with E-state index in [-0.39, 0.29) is 22.7 Å². The maximum atomic E-state index is 14.8. The van der Waals surface area contributed by atoms with Crippen molar-refractivity contribution in [1.29, 1.82) is 0 Å². The smallest absolute Gasteiger partial charge is 0.264 e. The molecule has 3 aromatic carbocycles. The van der Waals surface area contributed by atoms with E-state index in [1.807, 2.05) is 0 Å². The van der Waals surface area contributed by atoms with Crippen LogP contribution in [0.3, 0.4) is 0 Å². The first-order chi connectivity index (χ1) is 17.1. The second-order valence-electron chi connectivity index (χ2n) is 8.18. The van der Waals surface area contributed by atoms with Gasteiger partial charge in [-0.2, -0.15) is 0 Å². The van der Waals surface area contributed by atoms with Crippen molar-refractivity contribution in [2.45, 2.75) is 31.3 Å². The van der Waals surface area contributed by atoms with Crippen LogP contribution in [0.5, 0.6) is 0 Å². The molecule has 3 aromatic rings. The number of likely N-dealkylation sites (N-methyl/N-ethyl adjacent to an activating group) is 1. The molecule has 0 aliphatic heterocycles. The maximum Gasteiger partial charge on any atom is 0.264 e. The fourth-order valence-corrected chi connectivity index (χ4v) is 5.03. The van der Waals surface area contributed by atoms with Crippen LogP contribution in [0.15, 0.2) is 77.7 Å². The molecular formula is C26H27F2N3O4S. The van der Waals surface area contributed by atoms with Gasteiger partial charge in [0.1, 0.15) is 24.2 Å². The van der Waals surface area contributed by atoms with Crippen molar-refractivity contribution in [2.24, 2.45) is 0 Å². The number of hydrogen-bond acceptors (Lipinski definition) is 4. The summed E-state index contributed by atoms with van der Waals surface area (Å²) < 4.78 is 57.0.